The lowest BCUT2D eigenvalue weighted by Crippen LogP contribution is -2.12. The summed E-state index contributed by atoms with van der Waals surface area (Å²) in [5.41, 5.74) is 1.19. The van der Waals surface area contributed by atoms with Crippen molar-refractivity contribution in [3.8, 4) is 22.8 Å². The van der Waals surface area contributed by atoms with Crippen LogP contribution in [0, 0.1) is 0 Å². The van der Waals surface area contributed by atoms with Gasteiger partial charge in [0.05, 0.1) is 19.9 Å². The number of aromatic nitrogens is 2. The Kier molecular flexibility index (Phi) is 4.08. The largest absolute Gasteiger partial charge is 0.497 e. The molecule has 5 nitrogen and oxygen atoms in total. The average molecular weight is 274 g/mol. The van der Waals surface area contributed by atoms with Crippen LogP contribution in [0.15, 0.2) is 29.1 Å². The van der Waals surface area contributed by atoms with E-state index in [1.54, 1.807) is 20.3 Å². The fourth-order valence-electron chi connectivity index (χ4n) is 1.90. The molecule has 1 heterocycles. The zero-order chi connectivity index (χ0) is 14.7. The first-order valence-electron chi connectivity index (χ1n) is 6.38. The number of nitrogens with one attached hydrogen (secondary N) is 1. The van der Waals surface area contributed by atoms with Crippen molar-refractivity contribution < 1.29 is 9.47 Å². The predicted octanol–water partition coefficient (Wildman–Crippen LogP) is 2.58. The Labute approximate surface area is 117 Å². The lowest BCUT2D eigenvalue weighted by atomic mass is 10.1. The topological polar surface area (TPSA) is 64.2 Å². The van der Waals surface area contributed by atoms with E-state index in [9.17, 15) is 4.79 Å². The van der Waals surface area contributed by atoms with E-state index < -0.39 is 0 Å². The lowest BCUT2D eigenvalue weighted by molar-refractivity contribution is 0.395. The molecule has 0 unspecified atom stereocenters. The summed E-state index contributed by atoms with van der Waals surface area (Å²) in [6, 6.07) is 6.89. The summed E-state index contributed by atoms with van der Waals surface area (Å²) in [5, 5.41) is 0. The van der Waals surface area contributed by atoms with Crippen LogP contribution >= 0.6 is 0 Å². The summed E-state index contributed by atoms with van der Waals surface area (Å²) < 4.78 is 10.5. The van der Waals surface area contributed by atoms with Crippen LogP contribution in [-0.4, -0.2) is 24.2 Å². The molecule has 0 saturated carbocycles. The Bertz CT molecular complexity index is 662. The first kappa shape index (κ1) is 14.1. The van der Waals surface area contributed by atoms with Crippen molar-refractivity contribution in [2.75, 3.05) is 14.2 Å². The van der Waals surface area contributed by atoms with Gasteiger partial charge in [0, 0.05) is 23.6 Å². The lowest BCUT2D eigenvalue weighted by Gasteiger charge is -2.11. The number of H-pyrrole nitrogens is 1. The molecule has 0 aliphatic carbocycles. The van der Waals surface area contributed by atoms with E-state index in [4.69, 9.17) is 9.47 Å². The van der Waals surface area contributed by atoms with Gasteiger partial charge in [-0.3, -0.25) is 4.79 Å². The van der Waals surface area contributed by atoms with Crippen LogP contribution in [0.5, 0.6) is 11.5 Å². The summed E-state index contributed by atoms with van der Waals surface area (Å²) in [7, 11) is 3.17. The molecule has 0 atom stereocenters. The van der Waals surface area contributed by atoms with Crippen molar-refractivity contribution in [1.29, 1.82) is 0 Å². The van der Waals surface area contributed by atoms with Gasteiger partial charge in [-0.1, -0.05) is 13.8 Å². The highest BCUT2D eigenvalue weighted by Gasteiger charge is 2.12. The van der Waals surface area contributed by atoms with Gasteiger partial charge in [0.15, 0.2) is 0 Å². The number of hydrogen-bond donors (Lipinski definition) is 1. The molecule has 0 spiro atoms. The highest BCUT2D eigenvalue weighted by molar-refractivity contribution is 5.68. The molecule has 1 aromatic heterocycles. The number of benzene rings is 1. The second-order valence-corrected chi connectivity index (χ2v) is 4.74. The molecule has 0 fully saturated rings. The molecule has 0 bridgehead atoms. The Morgan fingerprint density at radius 1 is 1.15 bits per heavy atom. The summed E-state index contributed by atoms with van der Waals surface area (Å²) in [6.07, 6.45) is 0. The molecular weight excluding hydrogens is 256 g/mol. The quantitative estimate of drug-likeness (QED) is 0.930. The minimum atomic E-state index is -0.170. The summed E-state index contributed by atoms with van der Waals surface area (Å²) >= 11 is 0. The van der Waals surface area contributed by atoms with Crippen LogP contribution in [-0.2, 0) is 0 Å². The van der Waals surface area contributed by atoms with Gasteiger partial charge in [-0.25, -0.2) is 4.98 Å². The van der Waals surface area contributed by atoms with Crippen LogP contribution in [0.3, 0.4) is 0 Å². The molecule has 0 aliphatic rings. The summed E-state index contributed by atoms with van der Waals surface area (Å²) in [6.45, 7) is 3.96. The Balaban J connectivity index is 2.59. The van der Waals surface area contributed by atoms with Gasteiger partial charge < -0.3 is 14.5 Å². The van der Waals surface area contributed by atoms with E-state index in [2.05, 4.69) is 9.97 Å². The van der Waals surface area contributed by atoms with Crippen LogP contribution in [0.4, 0.5) is 0 Å². The maximum atomic E-state index is 11.8. The first-order valence-corrected chi connectivity index (χ1v) is 6.38. The minimum Gasteiger partial charge on any atom is -0.497 e. The smallest absolute Gasteiger partial charge is 0.251 e. The SMILES string of the molecule is COc1ccc(-c2cc(=O)[nH]c(C(C)C)n2)c(OC)c1. The summed E-state index contributed by atoms with van der Waals surface area (Å²) in [5.74, 6) is 2.12. The molecular formula is C15H18N2O3. The molecule has 5 heteroatoms. The molecule has 2 rings (SSSR count). The molecule has 0 aliphatic heterocycles. The van der Waals surface area contributed by atoms with Gasteiger partial charge in [-0.2, -0.15) is 0 Å². The Morgan fingerprint density at radius 2 is 1.90 bits per heavy atom. The minimum absolute atomic E-state index is 0.145. The fourth-order valence-corrected chi connectivity index (χ4v) is 1.90. The van der Waals surface area contributed by atoms with E-state index in [-0.39, 0.29) is 11.5 Å². The van der Waals surface area contributed by atoms with Crippen molar-refractivity contribution in [3.05, 3.63) is 40.4 Å². The second-order valence-electron chi connectivity index (χ2n) is 4.74. The van der Waals surface area contributed by atoms with Gasteiger partial charge in [-0.15, -0.1) is 0 Å². The predicted molar refractivity (Wildman–Crippen MR) is 77.5 cm³/mol. The number of methoxy groups -OCH3 is 2. The third-order valence-corrected chi connectivity index (χ3v) is 2.99. The van der Waals surface area contributed by atoms with Crippen LogP contribution < -0.4 is 15.0 Å². The summed E-state index contributed by atoms with van der Waals surface area (Å²) in [4.78, 5) is 19.0. The highest BCUT2D eigenvalue weighted by atomic mass is 16.5. The van der Waals surface area contributed by atoms with E-state index in [0.29, 0.717) is 23.0 Å². The van der Waals surface area contributed by atoms with Crippen molar-refractivity contribution >= 4 is 0 Å². The van der Waals surface area contributed by atoms with E-state index in [1.807, 2.05) is 26.0 Å². The number of ether oxygens (including phenoxy) is 2. The molecule has 106 valence electrons. The first-order chi connectivity index (χ1) is 9.55. The normalized spacial score (nSPS) is 10.7. The van der Waals surface area contributed by atoms with E-state index >= 15 is 0 Å². The van der Waals surface area contributed by atoms with Crippen molar-refractivity contribution in [3.63, 3.8) is 0 Å². The molecule has 0 amide bonds. The van der Waals surface area contributed by atoms with Crippen molar-refractivity contribution in [2.45, 2.75) is 19.8 Å². The zero-order valence-corrected chi connectivity index (χ0v) is 12.1. The maximum Gasteiger partial charge on any atom is 0.251 e. The maximum absolute atomic E-state index is 11.8. The molecule has 1 N–H and O–H groups in total. The molecule has 0 radical (unpaired) electrons. The van der Waals surface area contributed by atoms with Crippen molar-refractivity contribution in [1.82, 2.24) is 9.97 Å². The monoisotopic (exact) mass is 274 g/mol. The third kappa shape index (κ3) is 2.82. The van der Waals surface area contributed by atoms with Crippen molar-refractivity contribution in [2.24, 2.45) is 0 Å². The highest BCUT2D eigenvalue weighted by Crippen LogP contribution is 2.31. The number of nitrogens with zero attached hydrogens (tertiary/aromatic N) is 1. The molecule has 2 aromatic rings. The zero-order valence-electron chi connectivity index (χ0n) is 12.1. The number of hydrogen-bond acceptors (Lipinski definition) is 4. The molecule has 20 heavy (non-hydrogen) atoms. The van der Waals surface area contributed by atoms with Gasteiger partial charge >= 0.3 is 0 Å². The molecule has 1 aromatic carbocycles. The van der Waals surface area contributed by atoms with Crippen LogP contribution in [0.1, 0.15) is 25.6 Å². The Hall–Kier alpha value is -2.30. The standard InChI is InChI=1S/C15H18N2O3/c1-9(2)15-16-12(8-14(18)17-15)11-6-5-10(19-3)7-13(11)20-4/h5-9H,1-4H3,(H,16,17,18). The molecule has 0 saturated heterocycles. The van der Waals surface area contributed by atoms with Gasteiger partial charge in [0.2, 0.25) is 0 Å². The average Bonchev–Trinajstić information content (AvgIpc) is 2.45. The van der Waals surface area contributed by atoms with E-state index in [1.165, 1.54) is 6.07 Å². The van der Waals surface area contributed by atoms with Gasteiger partial charge in [0.1, 0.15) is 17.3 Å². The van der Waals surface area contributed by atoms with Crippen LogP contribution in [0.25, 0.3) is 11.3 Å². The number of rotatable bonds is 4. The number of aromatic amines is 1. The Morgan fingerprint density at radius 3 is 2.50 bits per heavy atom. The second kappa shape index (κ2) is 5.77. The third-order valence-electron chi connectivity index (χ3n) is 2.99. The van der Waals surface area contributed by atoms with E-state index in [0.717, 1.165) is 5.56 Å². The van der Waals surface area contributed by atoms with Gasteiger partial charge in [0.25, 0.3) is 5.56 Å². The van der Waals surface area contributed by atoms with Gasteiger partial charge in [-0.05, 0) is 12.1 Å². The fraction of sp³-hybridized carbons (Fsp3) is 0.333. The van der Waals surface area contributed by atoms with Crippen LogP contribution in [0.2, 0.25) is 0 Å².